The van der Waals surface area contributed by atoms with Crippen LogP contribution in [0.5, 0.6) is 0 Å². The molecule has 2 aliphatic rings. The van der Waals surface area contributed by atoms with Crippen LogP contribution in [0.3, 0.4) is 0 Å². The van der Waals surface area contributed by atoms with Crippen molar-refractivity contribution in [1.29, 1.82) is 0 Å². The molecule has 27 heavy (non-hydrogen) atoms. The first kappa shape index (κ1) is 17.8. The Balaban J connectivity index is 1.32. The average Bonchev–Trinajstić information content (AvgIpc) is 3.24. The maximum absolute atomic E-state index is 12.8. The van der Waals surface area contributed by atoms with Gasteiger partial charge in [0.15, 0.2) is 0 Å². The van der Waals surface area contributed by atoms with Crippen LogP contribution < -0.4 is 10.2 Å². The van der Waals surface area contributed by atoms with Crippen LogP contribution in [0.1, 0.15) is 18.4 Å². The zero-order valence-electron chi connectivity index (χ0n) is 15.7. The van der Waals surface area contributed by atoms with E-state index in [1.165, 1.54) is 18.4 Å². The van der Waals surface area contributed by atoms with E-state index in [1.807, 2.05) is 35.4 Å². The van der Waals surface area contributed by atoms with E-state index in [1.54, 1.807) is 6.20 Å². The molecule has 6 nitrogen and oxygen atoms in total. The smallest absolute Gasteiger partial charge is 0.321 e. The van der Waals surface area contributed by atoms with Crippen molar-refractivity contribution in [3.05, 3.63) is 54.4 Å². The monoisotopic (exact) mass is 365 g/mol. The Labute approximate surface area is 160 Å². The Hall–Kier alpha value is -2.60. The molecule has 142 valence electrons. The summed E-state index contributed by atoms with van der Waals surface area (Å²) >= 11 is 0. The van der Waals surface area contributed by atoms with Gasteiger partial charge in [-0.1, -0.05) is 18.2 Å². The SMILES string of the molecule is O=C(Nc1ccccc1N1CCCC1)N1CCN(Cc2cccnc2)CC1. The second kappa shape index (κ2) is 8.39. The van der Waals surface area contributed by atoms with Crippen molar-refractivity contribution >= 4 is 17.4 Å². The Kier molecular flexibility index (Phi) is 5.53. The number of rotatable bonds is 4. The highest BCUT2D eigenvalue weighted by molar-refractivity contribution is 5.93. The Morgan fingerprint density at radius 2 is 1.74 bits per heavy atom. The maximum atomic E-state index is 12.8. The lowest BCUT2D eigenvalue weighted by Crippen LogP contribution is -2.49. The molecule has 1 N–H and O–H groups in total. The van der Waals surface area contributed by atoms with Crippen LogP contribution in [0, 0.1) is 0 Å². The molecule has 2 aromatic rings. The van der Waals surface area contributed by atoms with Gasteiger partial charge in [0, 0.05) is 58.2 Å². The van der Waals surface area contributed by atoms with Crippen molar-refractivity contribution in [2.24, 2.45) is 0 Å². The lowest BCUT2D eigenvalue weighted by atomic mass is 10.2. The van der Waals surface area contributed by atoms with E-state index in [-0.39, 0.29) is 6.03 Å². The van der Waals surface area contributed by atoms with E-state index in [0.717, 1.165) is 57.2 Å². The number of aromatic nitrogens is 1. The van der Waals surface area contributed by atoms with Gasteiger partial charge in [0.05, 0.1) is 11.4 Å². The first-order valence-corrected chi connectivity index (χ1v) is 9.81. The van der Waals surface area contributed by atoms with Gasteiger partial charge in [-0.2, -0.15) is 0 Å². The zero-order chi connectivity index (χ0) is 18.5. The number of urea groups is 1. The van der Waals surface area contributed by atoms with Crippen LogP contribution in [0.4, 0.5) is 16.2 Å². The van der Waals surface area contributed by atoms with Crippen molar-refractivity contribution in [3.63, 3.8) is 0 Å². The highest BCUT2D eigenvalue weighted by Gasteiger charge is 2.23. The first-order valence-electron chi connectivity index (χ1n) is 9.81. The highest BCUT2D eigenvalue weighted by Crippen LogP contribution is 2.28. The van der Waals surface area contributed by atoms with Crippen LogP contribution in [-0.2, 0) is 6.54 Å². The molecule has 3 heterocycles. The number of pyridine rings is 1. The van der Waals surface area contributed by atoms with Crippen molar-refractivity contribution < 1.29 is 4.79 Å². The number of carbonyl (C=O) groups excluding carboxylic acids is 1. The van der Waals surface area contributed by atoms with E-state index >= 15 is 0 Å². The molecule has 4 rings (SSSR count). The third kappa shape index (κ3) is 4.39. The number of anilines is 2. The highest BCUT2D eigenvalue weighted by atomic mass is 16.2. The third-order valence-electron chi connectivity index (χ3n) is 5.38. The minimum absolute atomic E-state index is 0.00248. The first-order chi connectivity index (χ1) is 13.3. The number of carbonyl (C=O) groups is 1. The van der Waals surface area contributed by atoms with Crippen LogP contribution >= 0.6 is 0 Å². The number of piperazine rings is 1. The molecule has 0 unspecified atom stereocenters. The van der Waals surface area contributed by atoms with Gasteiger partial charge >= 0.3 is 6.03 Å². The van der Waals surface area contributed by atoms with Crippen molar-refractivity contribution in [1.82, 2.24) is 14.8 Å². The summed E-state index contributed by atoms with van der Waals surface area (Å²) < 4.78 is 0. The normalized spacial score (nSPS) is 17.9. The molecule has 2 aliphatic heterocycles. The molecule has 1 aromatic carbocycles. The molecule has 0 aliphatic carbocycles. The molecule has 2 saturated heterocycles. The average molecular weight is 365 g/mol. The fourth-order valence-electron chi connectivity index (χ4n) is 3.87. The summed E-state index contributed by atoms with van der Waals surface area (Å²) in [6.45, 7) is 6.29. The van der Waals surface area contributed by atoms with Gasteiger partial charge < -0.3 is 15.1 Å². The summed E-state index contributed by atoms with van der Waals surface area (Å²) in [5.41, 5.74) is 3.27. The van der Waals surface area contributed by atoms with Crippen LogP contribution in [0.25, 0.3) is 0 Å². The lowest BCUT2D eigenvalue weighted by molar-refractivity contribution is 0.143. The van der Waals surface area contributed by atoms with Gasteiger partial charge in [0.2, 0.25) is 0 Å². The lowest BCUT2D eigenvalue weighted by Gasteiger charge is -2.35. The van der Waals surface area contributed by atoms with Crippen LogP contribution in [0.2, 0.25) is 0 Å². The predicted octanol–water partition coefficient (Wildman–Crippen LogP) is 3.03. The van der Waals surface area contributed by atoms with E-state index < -0.39 is 0 Å². The molecular weight excluding hydrogens is 338 g/mol. The second-order valence-electron chi connectivity index (χ2n) is 7.27. The number of amides is 2. The predicted molar refractivity (Wildman–Crippen MR) is 108 cm³/mol. The largest absolute Gasteiger partial charge is 0.370 e. The van der Waals surface area contributed by atoms with Gasteiger partial charge in [0.1, 0.15) is 0 Å². The van der Waals surface area contributed by atoms with Gasteiger partial charge in [0.25, 0.3) is 0 Å². The molecular formula is C21H27N5O. The van der Waals surface area contributed by atoms with Crippen molar-refractivity contribution in [2.45, 2.75) is 19.4 Å². The summed E-state index contributed by atoms with van der Waals surface area (Å²) in [6, 6.07) is 12.2. The number of nitrogens with one attached hydrogen (secondary N) is 1. The molecule has 6 heteroatoms. The van der Waals surface area contributed by atoms with Crippen LogP contribution in [0.15, 0.2) is 48.8 Å². The Bertz CT molecular complexity index is 752. The number of benzene rings is 1. The van der Waals surface area contributed by atoms with E-state index in [9.17, 15) is 4.79 Å². The molecule has 0 bridgehead atoms. The molecule has 2 amide bonds. The second-order valence-corrected chi connectivity index (χ2v) is 7.27. The Morgan fingerprint density at radius 3 is 2.48 bits per heavy atom. The quantitative estimate of drug-likeness (QED) is 0.905. The molecule has 1 aromatic heterocycles. The standard InChI is InChI=1S/C21H27N5O/c27-21(23-19-7-1-2-8-20(19)25-10-3-4-11-25)26-14-12-24(13-15-26)17-18-6-5-9-22-16-18/h1-2,5-9,16H,3-4,10-15,17H2,(H,23,27). The van der Waals surface area contributed by atoms with E-state index in [4.69, 9.17) is 0 Å². The summed E-state index contributed by atoms with van der Waals surface area (Å²) in [6.07, 6.45) is 6.16. The van der Waals surface area contributed by atoms with Crippen LogP contribution in [-0.4, -0.2) is 60.1 Å². The fraction of sp³-hybridized carbons (Fsp3) is 0.429. The minimum atomic E-state index is 0.00248. The number of nitrogens with zero attached hydrogens (tertiary/aromatic N) is 4. The summed E-state index contributed by atoms with van der Waals surface area (Å²) in [5, 5.41) is 3.14. The fourth-order valence-corrected chi connectivity index (χ4v) is 3.87. The maximum Gasteiger partial charge on any atom is 0.321 e. The molecule has 0 radical (unpaired) electrons. The third-order valence-corrected chi connectivity index (χ3v) is 5.38. The molecule has 0 spiro atoms. The number of hydrogen-bond acceptors (Lipinski definition) is 4. The van der Waals surface area contributed by atoms with E-state index in [2.05, 4.69) is 32.2 Å². The van der Waals surface area contributed by atoms with Gasteiger partial charge in [-0.25, -0.2) is 4.79 Å². The van der Waals surface area contributed by atoms with Gasteiger partial charge in [-0.15, -0.1) is 0 Å². The minimum Gasteiger partial charge on any atom is -0.370 e. The Morgan fingerprint density at radius 1 is 0.963 bits per heavy atom. The van der Waals surface area contributed by atoms with Gasteiger partial charge in [-0.05, 0) is 36.6 Å². The van der Waals surface area contributed by atoms with E-state index in [0.29, 0.717) is 0 Å². The number of hydrogen-bond donors (Lipinski definition) is 1. The van der Waals surface area contributed by atoms with Gasteiger partial charge in [-0.3, -0.25) is 9.88 Å². The summed E-state index contributed by atoms with van der Waals surface area (Å²) in [4.78, 5) is 23.6. The van der Waals surface area contributed by atoms with Crippen molar-refractivity contribution in [2.75, 3.05) is 49.5 Å². The molecule has 0 atom stereocenters. The molecule has 2 fully saturated rings. The zero-order valence-corrected chi connectivity index (χ0v) is 15.7. The van der Waals surface area contributed by atoms with Crippen molar-refractivity contribution in [3.8, 4) is 0 Å². The summed E-state index contributed by atoms with van der Waals surface area (Å²) in [7, 11) is 0. The summed E-state index contributed by atoms with van der Waals surface area (Å²) in [5.74, 6) is 0. The number of para-hydroxylation sites is 2. The molecule has 0 saturated carbocycles. The topological polar surface area (TPSA) is 51.7 Å².